The third kappa shape index (κ3) is 4.36. The first-order valence-electron chi connectivity index (χ1n) is 9.25. The fraction of sp³-hybridized carbons (Fsp3) is 0.556. The van der Waals surface area contributed by atoms with Crippen molar-refractivity contribution in [3.63, 3.8) is 0 Å². The van der Waals surface area contributed by atoms with E-state index in [9.17, 15) is 12.8 Å². The maximum absolute atomic E-state index is 14.3. The van der Waals surface area contributed by atoms with Crippen LogP contribution < -0.4 is 5.32 Å². The number of rotatable bonds is 8. The summed E-state index contributed by atoms with van der Waals surface area (Å²) in [6.45, 7) is 3.34. The lowest BCUT2D eigenvalue weighted by molar-refractivity contribution is 0.449. The van der Waals surface area contributed by atoms with Gasteiger partial charge in [-0.25, -0.2) is 17.8 Å². The van der Waals surface area contributed by atoms with Crippen LogP contribution in [0.1, 0.15) is 37.8 Å². The average molecular weight is 396 g/mol. The Hall–Kier alpha value is -1.84. The molecule has 3 rings (SSSR count). The summed E-state index contributed by atoms with van der Waals surface area (Å²) in [5.41, 5.74) is 0.309. The topological polar surface area (TPSA) is 80.1 Å². The van der Waals surface area contributed by atoms with Gasteiger partial charge in [-0.15, -0.1) is 0 Å². The van der Waals surface area contributed by atoms with Gasteiger partial charge < -0.3 is 9.88 Å². The molecule has 0 aromatic carbocycles. The summed E-state index contributed by atoms with van der Waals surface area (Å²) < 4.78 is 43.2. The minimum Gasteiger partial charge on any atom is -0.339 e. The summed E-state index contributed by atoms with van der Waals surface area (Å²) in [5.74, 6) is -0.744. The van der Waals surface area contributed by atoms with Crippen molar-refractivity contribution in [1.29, 1.82) is 0 Å². The van der Waals surface area contributed by atoms with Gasteiger partial charge in [0.05, 0.1) is 12.0 Å². The van der Waals surface area contributed by atoms with Crippen LogP contribution in [0.5, 0.6) is 0 Å². The summed E-state index contributed by atoms with van der Waals surface area (Å²) in [4.78, 5) is 8.17. The molecule has 2 aromatic heterocycles. The van der Waals surface area contributed by atoms with Crippen LogP contribution in [0, 0.1) is 5.82 Å². The number of imidazole rings is 1. The minimum absolute atomic E-state index is 0.0110. The van der Waals surface area contributed by atoms with E-state index in [1.54, 1.807) is 23.9 Å². The van der Waals surface area contributed by atoms with Gasteiger partial charge in [0.25, 0.3) is 10.0 Å². The summed E-state index contributed by atoms with van der Waals surface area (Å²) in [5, 5.41) is 3.42. The van der Waals surface area contributed by atoms with Gasteiger partial charge in [-0.2, -0.15) is 4.31 Å². The number of hydrogen-bond donors (Lipinski definition) is 1. The van der Waals surface area contributed by atoms with Gasteiger partial charge in [-0.3, -0.25) is 4.98 Å². The number of hydrogen-bond acceptors (Lipinski definition) is 5. The highest BCUT2D eigenvalue weighted by atomic mass is 32.2. The number of pyridine rings is 1. The lowest BCUT2D eigenvalue weighted by atomic mass is 9.98. The molecule has 0 aliphatic carbocycles. The third-order valence-electron chi connectivity index (χ3n) is 4.90. The Bertz CT molecular complexity index is 870. The van der Waals surface area contributed by atoms with E-state index in [1.807, 2.05) is 0 Å². The zero-order valence-electron chi connectivity index (χ0n) is 15.7. The van der Waals surface area contributed by atoms with Crippen LogP contribution in [0.3, 0.4) is 0 Å². The van der Waals surface area contributed by atoms with Crippen molar-refractivity contribution < 1.29 is 12.8 Å². The fourth-order valence-electron chi connectivity index (χ4n) is 3.44. The van der Waals surface area contributed by atoms with Crippen molar-refractivity contribution in [1.82, 2.24) is 24.2 Å². The van der Waals surface area contributed by atoms with Crippen LogP contribution in [0.25, 0.3) is 0 Å². The van der Waals surface area contributed by atoms with Crippen LogP contribution >= 0.6 is 0 Å². The van der Waals surface area contributed by atoms with E-state index in [4.69, 9.17) is 0 Å². The van der Waals surface area contributed by atoms with Crippen molar-refractivity contribution in [3.05, 3.63) is 42.4 Å². The molecule has 7 nitrogen and oxygen atoms in total. The summed E-state index contributed by atoms with van der Waals surface area (Å²) in [6.07, 6.45) is 7.68. The molecule has 0 radical (unpaired) electrons. The first-order chi connectivity index (χ1) is 12.9. The van der Waals surface area contributed by atoms with E-state index in [-0.39, 0.29) is 30.1 Å². The summed E-state index contributed by atoms with van der Waals surface area (Å²) in [6, 6.07) is 2.72. The molecule has 1 fully saturated rings. The molecule has 3 heterocycles. The Labute approximate surface area is 159 Å². The molecule has 9 heteroatoms. The maximum atomic E-state index is 14.3. The fourth-order valence-corrected chi connectivity index (χ4v) is 4.89. The zero-order valence-corrected chi connectivity index (χ0v) is 16.5. The van der Waals surface area contributed by atoms with E-state index in [1.165, 1.54) is 22.9 Å². The quantitative estimate of drug-likeness (QED) is 0.691. The lowest BCUT2D eigenvalue weighted by Crippen LogP contribution is -2.37. The Morgan fingerprint density at radius 2 is 2.11 bits per heavy atom. The molecule has 0 spiro atoms. The molecular formula is C18H26FN5O2S. The highest BCUT2D eigenvalue weighted by Gasteiger charge is 2.42. The van der Waals surface area contributed by atoms with Crippen LogP contribution in [0.4, 0.5) is 4.39 Å². The third-order valence-corrected chi connectivity index (χ3v) is 6.61. The smallest absolute Gasteiger partial charge is 0.262 e. The molecule has 2 aromatic rings. The van der Waals surface area contributed by atoms with Gasteiger partial charge in [0.2, 0.25) is 0 Å². The number of unbranched alkanes of at least 4 members (excludes halogenated alkanes) is 2. The number of sulfonamides is 1. The second kappa shape index (κ2) is 8.45. The normalized spacial score (nSPS) is 21.0. The number of halogens is 1. The van der Waals surface area contributed by atoms with Crippen molar-refractivity contribution in [2.24, 2.45) is 7.05 Å². The molecule has 1 saturated heterocycles. The largest absolute Gasteiger partial charge is 0.339 e. The molecular weight excluding hydrogens is 369 g/mol. The van der Waals surface area contributed by atoms with Crippen molar-refractivity contribution >= 4 is 10.0 Å². The van der Waals surface area contributed by atoms with E-state index in [0.717, 1.165) is 25.8 Å². The van der Waals surface area contributed by atoms with Gasteiger partial charge in [0.1, 0.15) is 5.82 Å². The van der Waals surface area contributed by atoms with Crippen LogP contribution in [0.2, 0.25) is 0 Å². The first kappa shape index (κ1) is 19.9. The molecule has 1 aliphatic heterocycles. The molecule has 0 bridgehead atoms. The predicted octanol–water partition coefficient (Wildman–Crippen LogP) is 1.89. The van der Waals surface area contributed by atoms with Crippen LogP contribution in [-0.2, 0) is 17.1 Å². The highest BCUT2D eigenvalue weighted by Crippen LogP contribution is 2.31. The van der Waals surface area contributed by atoms with Crippen LogP contribution in [0.15, 0.2) is 35.9 Å². The van der Waals surface area contributed by atoms with Gasteiger partial charge in [-0.05, 0) is 25.1 Å². The molecule has 1 N–H and O–H groups in total. The van der Waals surface area contributed by atoms with Gasteiger partial charge in [-0.1, -0.05) is 19.8 Å². The van der Waals surface area contributed by atoms with Crippen LogP contribution in [-0.4, -0.2) is 52.9 Å². The summed E-state index contributed by atoms with van der Waals surface area (Å²) >= 11 is 0. The maximum Gasteiger partial charge on any atom is 0.262 e. The molecule has 2 unspecified atom stereocenters. The Morgan fingerprint density at radius 1 is 1.30 bits per heavy atom. The van der Waals surface area contributed by atoms with Gasteiger partial charge in [0, 0.05) is 44.5 Å². The first-order valence-corrected chi connectivity index (χ1v) is 10.7. The van der Waals surface area contributed by atoms with E-state index in [2.05, 4.69) is 22.2 Å². The molecule has 2 atom stereocenters. The number of aryl methyl sites for hydroxylation is 1. The number of nitrogens with zero attached hydrogens (tertiary/aromatic N) is 4. The molecule has 0 amide bonds. The number of nitrogens with one attached hydrogen (secondary N) is 1. The second-order valence-corrected chi connectivity index (χ2v) is 8.83. The Morgan fingerprint density at radius 3 is 2.78 bits per heavy atom. The number of aromatic nitrogens is 3. The molecule has 148 valence electrons. The minimum atomic E-state index is -3.73. The predicted molar refractivity (Wildman–Crippen MR) is 100 cm³/mol. The molecule has 0 saturated carbocycles. The van der Waals surface area contributed by atoms with Gasteiger partial charge in [0.15, 0.2) is 5.03 Å². The van der Waals surface area contributed by atoms with E-state index < -0.39 is 15.8 Å². The van der Waals surface area contributed by atoms with Crippen molar-refractivity contribution in [2.45, 2.75) is 43.2 Å². The van der Waals surface area contributed by atoms with Gasteiger partial charge >= 0.3 is 0 Å². The SMILES string of the molecule is CCCCCNC1CN(S(=O)(=O)c2cn(C)cn2)CC1c1ncccc1F. The van der Waals surface area contributed by atoms with Crippen molar-refractivity contribution in [2.75, 3.05) is 19.6 Å². The highest BCUT2D eigenvalue weighted by molar-refractivity contribution is 7.89. The van der Waals surface area contributed by atoms with E-state index in [0.29, 0.717) is 5.69 Å². The Balaban J connectivity index is 1.83. The average Bonchev–Trinajstić information content (AvgIpc) is 3.26. The monoisotopic (exact) mass is 395 g/mol. The molecule has 1 aliphatic rings. The standard InChI is InChI=1S/C18H26FN5O2S/c1-3-4-5-8-20-16-11-24(27(25,26)17-12-23(2)13-22-17)10-14(16)18-15(19)7-6-9-21-18/h6-7,9,12-14,16,20H,3-5,8,10-11H2,1-2H3. The summed E-state index contributed by atoms with van der Waals surface area (Å²) in [7, 11) is -2.01. The van der Waals surface area contributed by atoms with E-state index >= 15 is 0 Å². The zero-order chi connectivity index (χ0) is 19.4. The lowest BCUT2D eigenvalue weighted by Gasteiger charge is -2.19. The van der Waals surface area contributed by atoms with Crippen molar-refractivity contribution in [3.8, 4) is 0 Å². The Kier molecular flexibility index (Phi) is 6.23. The molecule has 27 heavy (non-hydrogen) atoms. The second-order valence-electron chi connectivity index (χ2n) is 6.94.